The molecule has 2 aliphatic rings. The molecule has 2 rings (SSSR count). The number of carbonyl (C=O) groups excluding carboxylic acids is 1. The van der Waals surface area contributed by atoms with Gasteiger partial charge in [0.05, 0.1) is 12.0 Å². The van der Waals surface area contributed by atoms with E-state index in [4.69, 9.17) is 5.73 Å². The lowest BCUT2D eigenvalue weighted by atomic mass is 9.93. The summed E-state index contributed by atoms with van der Waals surface area (Å²) in [6.07, 6.45) is 6.73. The number of nitrogens with two attached hydrogens (primary N) is 1. The summed E-state index contributed by atoms with van der Waals surface area (Å²) >= 11 is 0. The van der Waals surface area contributed by atoms with Crippen molar-refractivity contribution in [2.75, 3.05) is 13.1 Å². The van der Waals surface area contributed by atoms with Crippen LogP contribution in [0.5, 0.6) is 0 Å². The van der Waals surface area contributed by atoms with Crippen LogP contribution in [0, 0.1) is 5.92 Å². The molecule has 4 heteroatoms. The first-order chi connectivity index (χ1) is 8.18. The summed E-state index contributed by atoms with van der Waals surface area (Å²) in [5, 5.41) is 9.62. The number of likely N-dealkylation sites (tertiary alicyclic amines) is 1. The molecule has 0 aromatic heterocycles. The van der Waals surface area contributed by atoms with Gasteiger partial charge < -0.3 is 15.7 Å². The second-order valence-corrected chi connectivity index (χ2v) is 5.49. The van der Waals surface area contributed by atoms with Crippen LogP contribution in [0.3, 0.4) is 0 Å². The molecule has 0 radical (unpaired) electrons. The number of β-amino-alcohol motifs (C(OH)–C–C–N with tert-alkyl or cyclic N) is 1. The minimum atomic E-state index is -0.338. The molecule has 0 aromatic carbocycles. The van der Waals surface area contributed by atoms with Gasteiger partial charge in [-0.3, -0.25) is 4.79 Å². The first-order valence-electron chi connectivity index (χ1n) is 6.91. The summed E-state index contributed by atoms with van der Waals surface area (Å²) in [5.41, 5.74) is 6.11. The van der Waals surface area contributed by atoms with Crippen molar-refractivity contribution in [1.29, 1.82) is 0 Å². The van der Waals surface area contributed by atoms with Gasteiger partial charge in [0.2, 0.25) is 5.91 Å². The number of aliphatic hydroxyl groups is 1. The lowest BCUT2D eigenvalue weighted by Gasteiger charge is -2.34. The maximum atomic E-state index is 12.4. The molecule has 0 spiro atoms. The average Bonchev–Trinajstić information content (AvgIpc) is 2.53. The van der Waals surface area contributed by atoms with Gasteiger partial charge in [-0.2, -0.15) is 0 Å². The second kappa shape index (κ2) is 5.83. The molecule has 1 aliphatic heterocycles. The van der Waals surface area contributed by atoms with Gasteiger partial charge in [0.25, 0.3) is 0 Å². The zero-order chi connectivity index (χ0) is 12.3. The summed E-state index contributed by atoms with van der Waals surface area (Å²) in [4.78, 5) is 14.2. The number of amides is 1. The van der Waals surface area contributed by atoms with E-state index >= 15 is 0 Å². The molecule has 1 saturated carbocycles. The first-order valence-corrected chi connectivity index (χ1v) is 6.91. The Balaban J connectivity index is 1.97. The maximum absolute atomic E-state index is 12.4. The minimum absolute atomic E-state index is 0.0113. The SMILES string of the molecule is NC1CCCCCC1C(=O)N1CCC[C@H](O)C1. The fourth-order valence-electron chi connectivity index (χ4n) is 3.03. The molecule has 98 valence electrons. The van der Waals surface area contributed by atoms with Crippen molar-refractivity contribution in [3.05, 3.63) is 0 Å². The Labute approximate surface area is 103 Å². The Morgan fingerprint density at radius 1 is 1.12 bits per heavy atom. The van der Waals surface area contributed by atoms with Gasteiger partial charge >= 0.3 is 0 Å². The highest BCUT2D eigenvalue weighted by molar-refractivity contribution is 5.79. The maximum Gasteiger partial charge on any atom is 0.227 e. The summed E-state index contributed by atoms with van der Waals surface area (Å²) in [6, 6.07) is 0.0177. The van der Waals surface area contributed by atoms with Crippen molar-refractivity contribution in [3.8, 4) is 0 Å². The lowest BCUT2D eigenvalue weighted by Crippen LogP contribution is -2.48. The predicted molar refractivity (Wildman–Crippen MR) is 66.4 cm³/mol. The Hall–Kier alpha value is -0.610. The van der Waals surface area contributed by atoms with E-state index in [9.17, 15) is 9.90 Å². The number of piperidine rings is 1. The summed E-state index contributed by atoms with van der Waals surface area (Å²) < 4.78 is 0. The van der Waals surface area contributed by atoms with Crippen LogP contribution in [0.25, 0.3) is 0 Å². The van der Waals surface area contributed by atoms with Crippen LogP contribution in [0.4, 0.5) is 0 Å². The van der Waals surface area contributed by atoms with E-state index in [0.717, 1.165) is 45.1 Å². The van der Waals surface area contributed by atoms with Gasteiger partial charge in [-0.05, 0) is 25.7 Å². The third-order valence-electron chi connectivity index (χ3n) is 4.09. The van der Waals surface area contributed by atoms with E-state index in [0.29, 0.717) is 6.54 Å². The van der Waals surface area contributed by atoms with Crippen LogP contribution in [0.15, 0.2) is 0 Å². The van der Waals surface area contributed by atoms with Crippen LogP contribution in [0.2, 0.25) is 0 Å². The molecule has 1 aliphatic carbocycles. The third-order valence-corrected chi connectivity index (χ3v) is 4.09. The van der Waals surface area contributed by atoms with Crippen LogP contribution in [-0.4, -0.2) is 41.1 Å². The zero-order valence-corrected chi connectivity index (χ0v) is 10.5. The van der Waals surface area contributed by atoms with E-state index in [1.165, 1.54) is 6.42 Å². The molecule has 1 amide bonds. The molecule has 1 heterocycles. The fourth-order valence-corrected chi connectivity index (χ4v) is 3.03. The second-order valence-electron chi connectivity index (χ2n) is 5.49. The van der Waals surface area contributed by atoms with Crippen LogP contribution < -0.4 is 5.73 Å². The van der Waals surface area contributed by atoms with Gasteiger partial charge in [0.1, 0.15) is 0 Å². The smallest absolute Gasteiger partial charge is 0.227 e. The predicted octanol–water partition coefficient (Wildman–Crippen LogP) is 0.877. The Morgan fingerprint density at radius 2 is 1.88 bits per heavy atom. The van der Waals surface area contributed by atoms with Crippen LogP contribution in [-0.2, 0) is 4.79 Å². The molecular weight excluding hydrogens is 216 g/mol. The number of rotatable bonds is 1. The Morgan fingerprint density at radius 3 is 2.65 bits per heavy atom. The number of aliphatic hydroxyl groups excluding tert-OH is 1. The normalized spacial score (nSPS) is 35.4. The Kier molecular flexibility index (Phi) is 4.40. The molecule has 0 aromatic rings. The Bertz CT molecular complexity index is 270. The van der Waals surface area contributed by atoms with E-state index in [2.05, 4.69) is 0 Å². The van der Waals surface area contributed by atoms with Crippen LogP contribution >= 0.6 is 0 Å². The topological polar surface area (TPSA) is 66.6 Å². The molecule has 1 saturated heterocycles. The zero-order valence-electron chi connectivity index (χ0n) is 10.5. The highest BCUT2D eigenvalue weighted by atomic mass is 16.3. The molecule has 3 N–H and O–H groups in total. The van der Waals surface area contributed by atoms with E-state index in [-0.39, 0.29) is 24.0 Å². The van der Waals surface area contributed by atoms with Gasteiger partial charge in [-0.15, -0.1) is 0 Å². The van der Waals surface area contributed by atoms with Crippen molar-refractivity contribution in [1.82, 2.24) is 4.90 Å². The number of hydrogen-bond acceptors (Lipinski definition) is 3. The molecule has 0 bridgehead atoms. The quantitative estimate of drug-likeness (QED) is 0.669. The van der Waals surface area contributed by atoms with Crippen molar-refractivity contribution in [2.45, 2.75) is 57.1 Å². The first kappa shape index (κ1) is 12.8. The van der Waals surface area contributed by atoms with Crippen molar-refractivity contribution in [2.24, 2.45) is 11.7 Å². The number of nitrogens with zero attached hydrogens (tertiary/aromatic N) is 1. The standard InChI is InChI=1S/C13H24N2O2/c14-12-7-3-1-2-6-11(12)13(17)15-8-4-5-10(16)9-15/h10-12,16H,1-9,14H2/t10-,11?,12?/m0/s1. The van der Waals surface area contributed by atoms with E-state index in [1.54, 1.807) is 0 Å². The van der Waals surface area contributed by atoms with Gasteiger partial charge in [0, 0.05) is 19.1 Å². The molecule has 2 fully saturated rings. The highest BCUT2D eigenvalue weighted by Gasteiger charge is 2.32. The molecule has 4 nitrogen and oxygen atoms in total. The number of carbonyl (C=O) groups is 1. The van der Waals surface area contributed by atoms with Crippen molar-refractivity contribution < 1.29 is 9.90 Å². The van der Waals surface area contributed by atoms with E-state index in [1.807, 2.05) is 4.90 Å². The molecular formula is C13H24N2O2. The molecule has 3 atom stereocenters. The monoisotopic (exact) mass is 240 g/mol. The van der Waals surface area contributed by atoms with E-state index < -0.39 is 0 Å². The lowest BCUT2D eigenvalue weighted by molar-refractivity contribution is -0.139. The summed E-state index contributed by atoms with van der Waals surface area (Å²) in [7, 11) is 0. The summed E-state index contributed by atoms with van der Waals surface area (Å²) in [6.45, 7) is 1.29. The minimum Gasteiger partial charge on any atom is -0.391 e. The average molecular weight is 240 g/mol. The van der Waals surface area contributed by atoms with Crippen LogP contribution in [0.1, 0.15) is 44.9 Å². The fraction of sp³-hybridized carbons (Fsp3) is 0.923. The largest absolute Gasteiger partial charge is 0.391 e. The van der Waals surface area contributed by atoms with Crippen molar-refractivity contribution in [3.63, 3.8) is 0 Å². The van der Waals surface area contributed by atoms with Gasteiger partial charge in [-0.1, -0.05) is 19.3 Å². The third kappa shape index (κ3) is 3.19. The number of hydrogen-bond donors (Lipinski definition) is 2. The molecule has 17 heavy (non-hydrogen) atoms. The van der Waals surface area contributed by atoms with Crippen molar-refractivity contribution >= 4 is 5.91 Å². The summed E-state index contributed by atoms with van der Waals surface area (Å²) in [5.74, 6) is 0.168. The van der Waals surface area contributed by atoms with Gasteiger partial charge in [-0.25, -0.2) is 0 Å². The van der Waals surface area contributed by atoms with Gasteiger partial charge in [0.15, 0.2) is 0 Å². The molecule has 2 unspecified atom stereocenters. The highest BCUT2D eigenvalue weighted by Crippen LogP contribution is 2.25.